The molecule has 0 spiro atoms. The van der Waals surface area contributed by atoms with Gasteiger partial charge in [0.1, 0.15) is 0 Å². The maximum Gasteiger partial charge on any atom is 0.252 e. The first-order valence-electron chi connectivity index (χ1n) is 9.90. The van der Waals surface area contributed by atoms with Gasteiger partial charge in [-0.2, -0.15) is 5.10 Å². The van der Waals surface area contributed by atoms with Crippen LogP contribution < -0.4 is 5.32 Å². The van der Waals surface area contributed by atoms with Crippen molar-refractivity contribution in [2.75, 3.05) is 19.3 Å². The van der Waals surface area contributed by atoms with E-state index in [1.54, 1.807) is 4.68 Å². The molecule has 0 unspecified atom stereocenters. The SMILES string of the molecule is Cc1nn(C)c2nc(-c3ccccc3)cc(C(=O)NC3CCN(S(C)(=O)=O)CC3)c12. The Kier molecular flexibility index (Phi) is 5.33. The van der Waals surface area contributed by atoms with Gasteiger partial charge in [0.2, 0.25) is 10.0 Å². The normalized spacial score (nSPS) is 16.1. The van der Waals surface area contributed by atoms with Crippen LogP contribution in [0.3, 0.4) is 0 Å². The highest BCUT2D eigenvalue weighted by Gasteiger charge is 2.27. The maximum absolute atomic E-state index is 13.2. The molecule has 4 rings (SSSR count). The third kappa shape index (κ3) is 3.95. The molecule has 1 N–H and O–H groups in total. The number of hydrogen-bond acceptors (Lipinski definition) is 5. The smallest absolute Gasteiger partial charge is 0.252 e. The standard InChI is InChI=1S/C21H25N5O3S/c1-14-19-17(21(27)22-16-9-11-26(12-10-16)30(3,28)29)13-18(15-7-5-4-6-8-15)23-20(19)25(2)24-14/h4-8,13,16H,9-12H2,1-3H3,(H,22,27). The van der Waals surface area contributed by atoms with E-state index in [-0.39, 0.29) is 11.9 Å². The number of fused-ring (bicyclic) bond motifs is 1. The van der Waals surface area contributed by atoms with Crippen LogP contribution in [-0.4, -0.2) is 58.8 Å². The van der Waals surface area contributed by atoms with E-state index in [0.717, 1.165) is 16.6 Å². The second-order valence-electron chi connectivity index (χ2n) is 7.74. The number of aryl methyl sites for hydroxylation is 2. The highest BCUT2D eigenvalue weighted by molar-refractivity contribution is 7.88. The van der Waals surface area contributed by atoms with Crippen molar-refractivity contribution >= 4 is 27.0 Å². The fourth-order valence-corrected chi connectivity index (χ4v) is 4.85. The van der Waals surface area contributed by atoms with Crippen LogP contribution in [0.4, 0.5) is 0 Å². The molecule has 1 amide bonds. The summed E-state index contributed by atoms with van der Waals surface area (Å²) in [6.45, 7) is 2.70. The number of nitrogens with one attached hydrogen (secondary N) is 1. The summed E-state index contributed by atoms with van der Waals surface area (Å²) in [5.74, 6) is -0.187. The highest BCUT2D eigenvalue weighted by Crippen LogP contribution is 2.27. The minimum Gasteiger partial charge on any atom is -0.349 e. The van der Waals surface area contributed by atoms with Crippen LogP contribution in [0, 0.1) is 6.92 Å². The molecule has 1 aliphatic heterocycles. The van der Waals surface area contributed by atoms with E-state index < -0.39 is 10.0 Å². The summed E-state index contributed by atoms with van der Waals surface area (Å²) in [5, 5.41) is 8.28. The molecule has 3 aromatic rings. The number of nitrogens with zero attached hydrogens (tertiary/aromatic N) is 4. The minimum atomic E-state index is -3.20. The van der Waals surface area contributed by atoms with Crippen molar-refractivity contribution in [1.82, 2.24) is 24.4 Å². The Labute approximate surface area is 176 Å². The maximum atomic E-state index is 13.2. The third-order valence-corrected chi connectivity index (χ3v) is 6.84. The average Bonchev–Trinajstić information content (AvgIpc) is 3.01. The lowest BCUT2D eigenvalue weighted by Crippen LogP contribution is -2.46. The lowest BCUT2D eigenvalue weighted by Gasteiger charge is -2.30. The Bertz CT molecular complexity index is 1200. The largest absolute Gasteiger partial charge is 0.349 e. The van der Waals surface area contributed by atoms with E-state index in [0.29, 0.717) is 42.8 Å². The number of benzene rings is 1. The molecule has 0 atom stereocenters. The molecule has 0 aliphatic carbocycles. The second-order valence-corrected chi connectivity index (χ2v) is 9.72. The molecule has 1 aliphatic rings. The third-order valence-electron chi connectivity index (χ3n) is 5.54. The number of carbonyl (C=O) groups excluding carboxylic acids is 1. The van der Waals surface area contributed by atoms with Crippen molar-refractivity contribution in [3.8, 4) is 11.3 Å². The first-order chi connectivity index (χ1) is 14.2. The molecule has 0 radical (unpaired) electrons. The summed E-state index contributed by atoms with van der Waals surface area (Å²) in [5.41, 5.74) is 3.58. The van der Waals surface area contributed by atoms with Gasteiger partial charge in [-0.1, -0.05) is 30.3 Å². The van der Waals surface area contributed by atoms with Gasteiger partial charge in [-0.05, 0) is 25.8 Å². The fraction of sp³-hybridized carbons (Fsp3) is 0.381. The van der Waals surface area contributed by atoms with E-state index in [9.17, 15) is 13.2 Å². The number of piperidine rings is 1. The van der Waals surface area contributed by atoms with E-state index in [2.05, 4.69) is 10.4 Å². The molecular formula is C21H25N5O3S. The monoisotopic (exact) mass is 427 g/mol. The summed E-state index contributed by atoms with van der Waals surface area (Å²) in [6.07, 6.45) is 2.39. The molecule has 1 aromatic carbocycles. The van der Waals surface area contributed by atoms with Gasteiger partial charge in [0.05, 0.1) is 28.6 Å². The molecule has 1 saturated heterocycles. The van der Waals surface area contributed by atoms with Crippen LogP contribution in [0.5, 0.6) is 0 Å². The first-order valence-corrected chi connectivity index (χ1v) is 11.7. The number of aromatic nitrogens is 3. The lowest BCUT2D eigenvalue weighted by atomic mass is 10.0. The Morgan fingerprint density at radius 1 is 1.17 bits per heavy atom. The summed E-state index contributed by atoms with van der Waals surface area (Å²) in [6, 6.07) is 11.5. The number of amides is 1. The van der Waals surface area contributed by atoms with E-state index in [1.165, 1.54) is 10.6 Å². The first kappa shape index (κ1) is 20.5. The number of hydrogen-bond donors (Lipinski definition) is 1. The van der Waals surface area contributed by atoms with Crippen LogP contribution >= 0.6 is 0 Å². The van der Waals surface area contributed by atoms with Gasteiger partial charge in [0.25, 0.3) is 5.91 Å². The van der Waals surface area contributed by atoms with Crippen molar-refractivity contribution in [3.63, 3.8) is 0 Å². The van der Waals surface area contributed by atoms with Gasteiger partial charge in [-0.25, -0.2) is 17.7 Å². The molecule has 1 fully saturated rings. The minimum absolute atomic E-state index is 0.0733. The summed E-state index contributed by atoms with van der Waals surface area (Å²) >= 11 is 0. The molecular weight excluding hydrogens is 402 g/mol. The summed E-state index contributed by atoms with van der Waals surface area (Å²) in [4.78, 5) is 18.0. The van der Waals surface area contributed by atoms with E-state index in [1.807, 2.05) is 50.4 Å². The van der Waals surface area contributed by atoms with E-state index >= 15 is 0 Å². The number of sulfonamides is 1. The van der Waals surface area contributed by atoms with Gasteiger partial charge in [0.15, 0.2) is 5.65 Å². The number of pyridine rings is 1. The Hall–Kier alpha value is -2.78. The van der Waals surface area contributed by atoms with Crippen molar-refractivity contribution in [3.05, 3.63) is 47.7 Å². The van der Waals surface area contributed by atoms with Crippen LogP contribution in [0.25, 0.3) is 22.3 Å². The molecule has 2 aromatic heterocycles. The van der Waals surface area contributed by atoms with Crippen molar-refractivity contribution in [2.45, 2.75) is 25.8 Å². The van der Waals surface area contributed by atoms with Gasteiger partial charge in [-0.15, -0.1) is 0 Å². The molecule has 0 saturated carbocycles. The zero-order valence-corrected chi connectivity index (χ0v) is 18.1. The summed E-state index contributed by atoms with van der Waals surface area (Å²) in [7, 11) is -1.38. The van der Waals surface area contributed by atoms with Gasteiger partial charge < -0.3 is 5.32 Å². The summed E-state index contributed by atoms with van der Waals surface area (Å²) < 4.78 is 26.6. The lowest BCUT2D eigenvalue weighted by molar-refractivity contribution is 0.0925. The van der Waals surface area contributed by atoms with E-state index in [4.69, 9.17) is 4.98 Å². The van der Waals surface area contributed by atoms with Gasteiger partial charge in [-0.3, -0.25) is 9.48 Å². The predicted octanol–water partition coefficient (Wildman–Crippen LogP) is 2.10. The Morgan fingerprint density at radius 2 is 1.83 bits per heavy atom. The topological polar surface area (TPSA) is 97.2 Å². The molecule has 30 heavy (non-hydrogen) atoms. The molecule has 9 heteroatoms. The number of rotatable bonds is 4. The molecule has 3 heterocycles. The van der Waals surface area contributed by atoms with Crippen LogP contribution in [0.2, 0.25) is 0 Å². The van der Waals surface area contributed by atoms with Gasteiger partial charge >= 0.3 is 0 Å². The zero-order valence-electron chi connectivity index (χ0n) is 17.3. The fourth-order valence-electron chi connectivity index (χ4n) is 3.98. The second kappa shape index (κ2) is 7.81. The number of carbonyl (C=O) groups is 1. The molecule has 158 valence electrons. The zero-order chi connectivity index (χ0) is 21.5. The van der Waals surface area contributed by atoms with Crippen LogP contribution in [0.1, 0.15) is 28.9 Å². The predicted molar refractivity (Wildman–Crippen MR) is 116 cm³/mol. The quantitative estimate of drug-likeness (QED) is 0.688. The van der Waals surface area contributed by atoms with Crippen molar-refractivity contribution < 1.29 is 13.2 Å². The van der Waals surface area contributed by atoms with Crippen LogP contribution in [-0.2, 0) is 17.1 Å². The Balaban J connectivity index is 1.65. The van der Waals surface area contributed by atoms with Crippen molar-refractivity contribution in [2.24, 2.45) is 7.05 Å². The molecule has 0 bridgehead atoms. The average molecular weight is 428 g/mol. The van der Waals surface area contributed by atoms with Gasteiger partial charge in [0, 0.05) is 31.7 Å². The highest BCUT2D eigenvalue weighted by atomic mass is 32.2. The Morgan fingerprint density at radius 3 is 2.47 bits per heavy atom. The molecule has 8 nitrogen and oxygen atoms in total. The van der Waals surface area contributed by atoms with Crippen LogP contribution in [0.15, 0.2) is 36.4 Å². The van der Waals surface area contributed by atoms with Crippen molar-refractivity contribution in [1.29, 1.82) is 0 Å².